The summed E-state index contributed by atoms with van der Waals surface area (Å²) in [6.07, 6.45) is -23.4. The SMILES string of the molecule is CCO[C@H]1O[C@H](CO)[C@@H](O[C@@H]2O[C@H](COC(C)=O)[C@H](O[C@@H]3O[C@H](COC(C)=O)[C@H](OC(C)=O)[C@H](OC(C)=O)[C@H]3OC(C)=O)[C@H](OC(C)=O)[C@H]2OC(C)=O)[C@H](O)[C@@H]1NC(C)=O. The van der Waals surface area contributed by atoms with Crippen LogP contribution in [-0.2, 0) is 99.9 Å². The molecule has 0 aliphatic carbocycles. The average molecular weight is 868 g/mol. The molecule has 3 N–H and O–H groups in total. The van der Waals surface area contributed by atoms with Gasteiger partial charge in [0, 0.05) is 62.0 Å². The third kappa shape index (κ3) is 14.0. The molecule has 3 fully saturated rings. The Kier molecular flexibility index (Phi) is 19.0. The molecule has 0 aromatic rings. The van der Waals surface area contributed by atoms with E-state index in [0.717, 1.165) is 48.5 Å². The van der Waals surface area contributed by atoms with Crippen molar-refractivity contribution in [1.82, 2.24) is 5.32 Å². The number of nitrogens with one attached hydrogen (secondary N) is 1. The van der Waals surface area contributed by atoms with E-state index in [1.165, 1.54) is 6.92 Å². The van der Waals surface area contributed by atoms with Crippen LogP contribution in [0.1, 0.15) is 62.3 Å². The number of ether oxygens (including phenoxy) is 13. The Morgan fingerprint density at radius 1 is 0.500 bits per heavy atom. The van der Waals surface area contributed by atoms with Gasteiger partial charge in [0.1, 0.15) is 55.9 Å². The molecule has 15 atom stereocenters. The molecule has 0 aromatic carbocycles. The molecule has 3 heterocycles. The van der Waals surface area contributed by atoms with Gasteiger partial charge in [-0.3, -0.25) is 38.4 Å². The van der Waals surface area contributed by atoms with E-state index in [9.17, 15) is 48.6 Å². The monoisotopic (exact) mass is 867 g/mol. The molecule has 24 heteroatoms. The van der Waals surface area contributed by atoms with Crippen molar-refractivity contribution < 1.29 is 110 Å². The number of carbonyl (C=O) groups excluding carboxylic acids is 8. The van der Waals surface area contributed by atoms with Gasteiger partial charge >= 0.3 is 41.8 Å². The van der Waals surface area contributed by atoms with Crippen LogP contribution in [-0.4, -0.2) is 176 Å². The fourth-order valence-electron chi connectivity index (χ4n) is 6.67. The Hall–Kier alpha value is -4.56. The first-order chi connectivity index (χ1) is 28.2. The van der Waals surface area contributed by atoms with E-state index in [-0.39, 0.29) is 6.61 Å². The van der Waals surface area contributed by atoms with Crippen molar-refractivity contribution in [2.75, 3.05) is 26.4 Å². The quantitative estimate of drug-likeness (QED) is 0.101. The van der Waals surface area contributed by atoms with Crippen molar-refractivity contribution >= 4 is 47.7 Å². The number of rotatable bonds is 17. The highest BCUT2D eigenvalue weighted by atomic mass is 16.8. The number of carbonyl (C=O) groups is 8. The van der Waals surface area contributed by atoms with E-state index in [0.29, 0.717) is 0 Å². The lowest BCUT2D eigenvalue weighted by Crippen LogP contribution is -2.69. The number of amides is 1. The highest BCUT2D eigenvalue weighted by Crippen LogP contribution is 2.37. The Labute approximate surface area is 343 Å². The molecule has 3 rings (SSSR count). The van der Waals surface area contributed by atoms with Crippen LogP contribution in [0.4, 0.5) is 0 Å². The van der Waals surface area contributed by atoms with Crippen LogP contribution in [0.2, 0.25) is 0 Å². The van der Waals surface area contributed by atoms with E-state index in [2.05, 4.69) is 5.32 Å². The lowest BCUT2D eigenvalue weighted by Gasteiger charge is -2.50. The van der Waals surface area contributed by atoms with Crippen molar-refractivity contribution in [3.63, 3.8) is 0 Å². The van der Waals surface area contributed by atoms with Gasteiger partial charge < -0.3 is 77.1 Å². The van der Waals surface area contributed by atoms with Crippen molar-refractivity contribution in [3.05, 3.63) is 0 Å². The van der Waals surface area contributed by atoms with E-state index in [1.807, 2.05) is 0 Å². The number of hydrogen-bond acceptors (Lipinski definition) is 23. The third-order valence-electron chi connectivity index (χ3n) is 8.73. The van der Waals surface area contributed by atoms with Crippen LogP contribution in [0.15, 0.2) is 0 Å². The molecule has 3 aliphatic heterocycles. The summed E-state index contributed by atoms with van der Waals surface area (Å²) in [5.41, 5.74) is 0. The molecule has 3 saturated heterocycles. The Morgan fingerprint density at radius 3 is 1.28 bits per heavy atom. The summed E-state index contributed by atoms with van der Waals surface area (Å²) in [7, 11) is 0. The number of aliphatic hydroxyl groups excluding tert-OH is 2. The first-order valence-corrected chi connectivity index (χ1v) is 18.7. The van der Waals surface area contributed by atoms with Crippen LogP contribution in [0.25, 0.3) is 0 Å². The lowest BCUT2D eigenvalue weighted by molar-refractivity contribution is -0.375. The standard InChI is InChI=1S/C36H53NO23/c1-10-48-34-25(37-14(2)39)26(47)27(22(11-38)56-34)59-35-33(55-21(9)46)31(53-19(7)44)29(24(58-35)13-50-16(4)41)60-36-32(54-20(8)45)30(52-18(6)43)28(51-17(5)42)23(57-36)12-49-15(3)40/h22-36,38,47H,10-13H2,1-9H3,(H,37,39)/t22-,23-,24-,25+,26-,27-,28+,29+,30+,31+,32-,33-,34+,35+,36+/m1/s1. The summed E-state index contributed by atoms with van der Waals surface area (Å²) in [4.78, 5) is 98.8. The minimum absolute atomic E-state index is 0.0697. The summed E-state index contributed by atoms with van der Waals surface area (Å²) in [5.74, 6) is -7.08. The molecule has 0 saturated carbocycles. The maximum absolute atomic E-state index is 12.8. The summed E-state index contributed by atoms with van der Waals surface area (Å²) in [6.45, 7) is 7.79. The molecule has 1 amide bonds. The minimum Gasteiger partial charge on any atom is -0.463 e. The zero-order valence-corrected chi connectivity index (χ0v) is 34.5. The second-order valence-electron chi connectivity index (χ2n) is 13.7. The lowest BCUT2D eigenvalue weighted by atomic mass is 9.94. The van der Waals surface area contributed by atoms with E-state index >= 15 is 0 Å². The van der Waals surface area contributed by atoms with Crippen LogP contribution < -0.4 is 5.32 Å². The highest BCUT2D eigenvalue weighted by Gasteiger charge is 2.59. The van der Waals surface area contributed by atoms with Crippen molar-refractivity contribution in [1.29, 1.82) is 0 Å². The fourth-order valence-corrected chi connectivity index (χ4v) is 6.67. The molecule has 0 aromatic heterocycles. The normalized spacial score (nSPS) is 33.9. The number of esters is 7. The zero-order chi connectivity index (χ0) is 45.0. The van der Waals surface area contributed by atoms with Gasteiger partial charge in [-0.05, 0) is 6.92 Å². The second kappa shape index (κ2) is 22.9. The van der Waals surface area contributed by atoms with Crippen LogP contribution in [0, 0.1) is 0 Å². The van der Waals surface area contributed by atoms with Gasteiger partial charge in [-0.15, -0.1) is 0 Å². The second-order valence-corrected chi connectivity index (χ2v) is 13.7. The van der Waals surface area contributed by atoms with E-state index in [1.54, 1.807) is 6.92 Å². The topological polar surface area (TPSA) is 309 Å². The van der Waals surface area contributed by atoms with Crippen LogP contribution >= 0.6 is 0 Å². The molecule has 0 radical (unpaired) electrons. The van der Waals surface area contributed by atoms with E-state index in [4.69, 9.17) is 61.6 Å². The largest absolute Gasteiger partial charge is 0.463 e. The van der Waals surface area contributed by atoms with Gasteiger partial charge in [-0.25, -0.2) is 0 Å². The Balaban J connectivity index is 2.20. The summed E-state index contributed by atoms with van der Waals surface area (Å²) in [5, 5.41) is 24.4. The predicted octanol–water partition coefficient (Wildman–Crippen LogP) is -2.39. The molecular weight excluding hydrogens is 814 g/mol. The molecule has 340 valence electrons. The average Bonchev–Trinajstić information content (AvgIpc) is 3.12. The summed E-state index contributed by atoms with van der Waals surface area (Å²) in [6, 6.07) is -1.29. The molecular formula is C36H53NO23. The predicted molar refractivity (Wildman–Crippen MR) is 189 cm³/mol. The van der Waals surface area contributed by atoms with Gasteiger partial charge in [0.25, 0.3) is 0 Å². The fraction of sp³-hybridized carbons (Fsp3) is 0.778. The molecule has 3 aliphatic rings. The van der Waals surface area contributed by atoms with Crippen molar-refractivity contribution in [3.8, 4) is 0 Å². The Morgan fingerprint density at radius 2 is 0.883 bits per heavy atom. The summed E-state index contributed by atoms with van der Waals surface area (Å²) >= 11 is 0. The van der Waals surface area contributed by atoms with Gasteiger partial charge in [0.2, 0.25) is 5.91 Å². The first kappa shape index (κ1) is 49.8. The smallest absolute Gasteiger partial charge is 0.303 e. The first-order valence-electron chi connectivity index (χ1n) is 18.7. The molecule has 0 bridgehead atoms. The van der Waals surface area contributed by atoms with Gasteiger partial charge in [0.05, 0.1) is 6.61 Å². The van der Waals surface area contributed by atoms with Crippen LogP contribution in [0.3, 0.4) is 0 Å². The highest BCUT2D eigenvalue weighted by molar-refractivity contribution is 5.73. The number of hydrogen-bond donors (Lipinski definition) is 3. The Bertz CT molecular complexity index is 1540. The molecule has 24 nitrogen and oxygen atoms in total. The minimum atomic E-state index is -1.92. The van der Waals surface area contributed by atoms with Crippen molar-refractivity contribution in [2.45, 2.75) is 154 Å². The molecule has 0 unspecified atom stereocenters. The molecule has 0 spiro atoms. The van der Waals surface area contributed by atoms with Gasteiger partial charge in [-0.2, -0.15) is 0 Å². The maximum atomic E-state index is 12.8. The van der Waals surface area contributed by atoms with Gasteiger partial charge in [0.15, 0.2) is 49.4 Å². The number of aliphatic hydroxyl groups is 2. The van der Waals surface area contributed by atoms with E-state index < -0.39 is 160 Å². The zero-order valence-electron chi connectivity index (χ0n) is 34.5. The van der Waals surface area contributed by atoms with Crippen molar-refractivity contribution in [2.24, 2.45) is 0 Å². The maximum Gasteiger partial charge on any atom is 0.303 e. The third-order valence-corrected chi connectivity index (χ3v) is 8.73. The van der Waals surface area contributed by atoms with Crippen LogP contribution in [0.5, 0.6) is 0 Å². The summed E-state index contributed by atoms with van der Waals surface area (Å²) < 4.78 is 74.1. The molecule has 60 heavy (non-hydrogen) atoms. The van der Waals surface area contributed by atoms with Gasteiger partial charge in [-0.1, -0.05) is 0 Å².